The van der Waals surface area contributed by atoms with E-state index < -0.39 is 23.3 Å². The molecular formula is C27H32F3N3O3. The van der Waals surface area contributed by atoms with Crippen molar-refractivity contribution in [3.05, 3.63) is 53.1 Å². The highest BCUT2D eigenvalue weighted by Gasteiger charge is 2.49. The second kappa shape index (κ2) is 9.76. The van der Waals surface area contributed by atoms with Crippen molar-refractivity contribution >= 4 is 16.7 Å². The molecule has 1 N–H and O–H groups in total. The summed E-state index contributed by atoms with van der Waals surface area (Å²) >= 11 is 0. The van der Waals surface area contributed by atoms with E-state index in [0.29, 0.717) is 47.6 Å². The van der Waals surface area contributed by atoms with Gasteiger partial charge in [0.2, 0.25) is 0 Å². The molecule has 1 unspecified atom stereocenters. The monoisotopic (exact) mass is 503 g/mol. The van der Waals surface area contributed by atoms with Crippen molar-refractivity contribution in [2.24, 2.45) is 5.41 Å². The fourth-order valence-corrected chi connectivity index (χ4v) is 4.55. The van der Waals surface area contributed by atoms with Crippen molar-refractivity contribution in [2.45, 2.75) is 58.6 Å². The standard InChI is InChI=1S/C27H32F3N3O3/c1-15(18-8-7-9-20(24(18)28)26(4,29)30)31-25-19-12-23(36-16(2)27(10-11-27)14-34-5)22(35-6)13-21(19)32-17(3)33-25/h7-9,12-13,15-16H,10-11,14H2,1-6H3,(H,31,32,33)/t15-,16?/m1/s1. The van der Waals surface area contributed by atoms with Gasteiger partial charge in [0.1, 0.15) is 23.6 Å². The molecule has 1 aromatic heterocycles. The lowest BCUT2D eigenvalue weighted by Crippen LogP contribution is -2.29. The molecule has 9 heteroatoms. The first-order chi connectivity index (χ1) is 17.0. The highest BCUT2D eigenvalue weighted by molar-refractivity contribution is 5.92. The number of aryl methyl sites for hydroxylation is 1. The number of aromatic nitrogens is 2. The predicted octanol–water partition coefficient (Wildman–Crippen LogP) is 6.56. The topological polar surface area (TPSA) is 65.5 Å². The molecule has 0 bridgehead atoms. The number of methoxy groups -OCH3 is 2. The third-order valence-electron chi connectivity index (χ3n) is 6.90. The number of halogens is 3. The zero-order valence-electron chi connectivity index (χ0n) is 21.4. The van der Waals surface area contributed by atoms with Gasteiger partial charge in [-0.15, -0.1) is 0 Å². The molecular weight excluding hydrogens is 471 g/mol. The number of fused-ring (bicyclic) bond motifs is 1. The van der Waals surface area contributed by atoms with Crippen LogP contribution in [0.15, 0.2) is 30.3 Å². The maximum absolute atomic E-state index is 15.0. The van der Waals surface area contributed by atoms with Crippen LogP contribution in [-0.4, -0.2) is 36.9 Å². The Morgan fingerprint density at radius 2 is 1.83 bits per heavy atom. The van der Waals surface area contributed by atoms with E-state index in [1.807, 2.05) is 6.92 Å². The lowest BCUT2D eigenvalue weighted by Gasteiger charge is -2.25. The van der Waals surface area contributed by atoms with E-state index >= 15 is 4.39 Å². The number of hydrogen-bond acceptors (Lipinski definition) is 6. The van der Waals surface area contributed by atoms with Gasteiger partial charge in [-0.3, -0.25) is 0 Å². The van der Waals surface area contributed by atoms with Gasteiger partial charge < -0.3 is 19.5 Å². The molecule has 1 fully saturated rings. The number of nitrogens with zero attached hydrogens (tertiary/aromatic N) is 2. The summed E-state index contributed by atoms with van der Waals surface area (Å²) < 4.78 is 60.1. The fourth-order valence-electron chi connectivity index (χ4n) is 4.55. The second-order valence-electron chi connectivity index (χ2n) is 9.66. The third kappa shape index (κ3) is 5.07. The summed E-state index contributed by atoms with van der Waals surface area (Å²) in [6.07, 6.45) is 1.93. The minimum atomic E-state index is -3.29. The van der Waals surface area contributed by atoms with Gasteiger partial charge in [0.05, 0.1) is 30.8 Å². The van der Waals surface area contributed by atoms with Crippen LogP contribution in [0.3, 0.4) is 0 Å². The van der Waals surface area contributed by atoms with Crippen molar-refractivity contribution < 1.29 is 27.4 Å². The van der Waals surface area contributed by atoms with Crippen molar-refractivity contribution in [3.63, 3.8) is 0 Å². The normalized spacial score (nSPS) is 16.5. The number of ether oxygens (including phenoxy) is 3. The highest BCUT2D eigenvalue weighted by atomic mass is 19.3. The van der Waals surface area contributed by atoms with E-state index in [2.05, 4.69) is 15.3 Å². The highest BCUT2D eigenvalue weighted by Crippen LogP contribution is 2.51. The molecule has 1 aliphatic carbocycles. The summed E-state index contributed by atoms with van der Waals surface area (Å²) in [5.41, 5.74) is 0.0587. The van der Waals surface area contributed by atoms with E-state index in [1.54, 1.807) is 40.2 Å². The van der Waals surface area contributed by atoms with E-state index in [0.717, 1.165) is 18.9 Å². The van der Waals surface area contributed by atoms with Crippen LogP contribution in [0.4, 0.5) is 19.0 Å². The van der Waals surface area contributed by atoms with Crippen LogP contribution in [0, 0.1) is 18.2 Å². The zero-order valence-corrected chi connectivity index (χ0v) is 21.4. The number of rotatable bonds is 10. The van der Waals surface area contributed by atoms with Crippen LogP contribution in [0.2, 0.25) is 0 Å². The van der Waals surface area contributed by atoms with Crippen LogP contribution in [-0.2, 0) is 10.7 Å². The van der Waals surface area contributed by atoms with Crippen molar-refractivity contribution in [1.29, 1.82) is 0 Å². The SMILES string of the molecule is COCC1(C(C)Oc2cc3c(N[C@H](C)c4cccc(C(C)(F)F)c4F)nc(C)nc3cc2OC)CC1. The zero-order chi connectivity index (χ0) is 26.3. The molecule has 194 valence electrons. The largest absolute Gasteiger partial charge is 0.493 e. The molecule has 2 atom stereocenters. The van der Waals surface area contributed by atoms with E-state index in [9.17, 15) is 8.78 Å². The number of anilines is 1. The summed E-state index contributed by atoms with van der Waals surface area (Å²) in [6.45, 7) is 6.75. The van der Waals surface area contributed by atoms with Crippen LogP contribution < -0.4 is 14.8 Å². The van der Waals surface area contributed by atoms with Gasteiger partial charge in [-0.25, -0.2) is 23.1 Å². The van der Waals surface area contributed by atoms with Gasteiger partial charge in [0.15, 0.2) is 11.5 Å². The Morgan fingerprint density at radius 1 is 1.11 bits per heavy atom. The first-order valence-electron chi connectivity index (χ1n) is 11.9. The molecule has 0 aliphatic heterocycles. The van der Waals surface area contributed by atoms with Crippen molar-refractivity contribution in [1.82, 2.24) is 9.97 Å². The molecule has 0 saturated heterocycles. The predicted molar refractivity (Wildman–Crippen MR) is 132 cm³/mol. The van der Waals surface area contributed by atoms with Gasteiger partial charge in [-0.05, 0) is 39.7 Å². The molecule has 2 aromatic carbocycles. The van der Waals surface area contributed by atoms with E-state index in [1.165, 1.54) is 12.1 Å². The molecule has 0 amide bonds. The first kappa shape index (κ1) is 26.0. The molecule has 6 nitrogen and oxygen atoms in total. The van der Waals surface area contributed by atoms with Gasteiger partial charge >= 0.3 is 0 Å². The molecule has 0 radical (unpaired) electrons. The molecule has 4 rings (SSSR count). The number of benzene rings is 2. The molecule has 1 saturated carbocycles. The Bertz CT molecular complexity index is 1260. The van der Waals surface area contributed by atoms with Crippen LogP contribution >= 0.6 is 0 Å². The summed E-state index contributed by atoms with van der Waals surface area (Å²) in [4.78, 5) is 9.04. The Labute approximate surface area is 209 Å². The number of nitrogens with one attached hydrogen (secondary N) is 1. The second-order valence-corrected chi connectivity index (χ2v) is 9.66. The fraction of sp³-hybridized carbons (Fsp3) is 0.481. The Morgan fingerprint density at radius 3 is 2.44 bits per heavy atom. The molecule has 1 aliphatic rings. The average Bonchev–Trinajstić information content (AvgIpc) is 3.59. The minimum absolute atomic E-state index is 0.0298. The Balaban J connectivity index is 1.71. The lowest BCUT2D eigenvalue weighted by molar-refractivity contribution is 0.0136. The van der Waals surface area contributed by atoms with Crippen LogP contribution in [0.1, 0.15) is 56.6 Å². The van der Waals surface area contributed by atoms with E-state index in [4.69, 9.17) is 14.2 Å². The van der Waals surface area contributed by atoms with Gasteiger partial charge in [-0.2, -0.15) is 0 Å². The molecule has 36 heavy (non-hydrogen) atoms. The summed E-state index contributed by atoms with van der Waals surface area (Å²) in [7, 11) is 3.25. The molecule has 1 heterocycles. The maximum atomic E-state index is 15.0. The Kier molecular flexibility index (Phi) is 7.05. The maximum Gasteiger partial charge on any atom is 0.273 e. The van der Waals surface area contributed by atoms with Gasteiger partial charge in [0, 0.05) is 36.5 Å². The minimum Gasteiger partial charge on any atom is -0.493 e. The first-order valence-corrected chi connectivity index (χ1v) is 11.9. The van der Waals surface area contributed by atoms with Gasteiger partial charge in [-0.1, -0.05) is 18.2 Å². The van der Waals surface area contributed by atoms with Crippen molar-refractivity contribution in [2.75, 3.05) is 26.1 Å². The average molecular weight is 504 g/mol. The van der Waals surface area contributed by atoms with Crippen LogP contribution in [0.25, 0.3) is 10.9 Å². The Hall–Kier alpha value is -3.07. The quantitative estimate of drug-likeness (QED) is 0.338. The third-order valence-corrected chi connectivity index (χ3v) is 6.90. The smallest absolute Gasteiger partial charge is 0.273 e. The van der Waals surface area contributed by atoms with Crippen molar-refractivity contribution in [3.8, 4) is 11.5 Å². The van der Waals surface area contributed by atoms with Gasteiger partial charge in [0.25, 0.3) is 5.92 Å². The number of alkyl halides is 2. The van der Waals surface area contributed by atoms with Crippen LogP contribution in [0.5, 0.6) is 11.5 Å². The summed E-state index contributed by atoms with van der Waals surface area (Å²) in [5.74, 6) is -2.24. The summed E-state index contributed by atoms with van der Waals surface area (Å²) in [6, 6.07) is 6.95. The summed E-state index contributed by atoms with van der Waals surface area (Å²) in [5, 5.41) is 3.83. The van der Waals surface area contributed by atoms with E-state index in [-0.39, 0.29) is 17.1 Å². The molecule has 0 spiro atoms. The molecule has 3 aromatic rings. The number of hydrogen-bond donors (Lipinski definition) is 1. The lowest BCUT2D eigenvalue weighted by atomic mass is 10.0.